The van der Waals surface area contributed by atoms with Crippen molar-refractivity contribution in [2.45, 2.75) is 32.3 Å². The molecule has 0 aromatic heterocycles. The third-order valence-electron chi connectivity index (χ3n) is 3.35. The molecule has 1 unspecified atom stereocenters. The molecule has 0 fully saturated rings. The fourth-order valence-corrected chi connectivity index (χ4v) is 2.34. The summed E-state index contributed by atoms with van der Waals surface area (Å²) in [6.07, 6.45) is -0.850. The van der Waals surface area contributed by atoms with Crippen molar-refractivity contribution in [1.82, 2.24) is 0 Å². The highest BCUT2D eigenvalue weighted by molar-refractivity contribution is 6.31. The van der Waals surface area contributed by atoms with Crippen LogP contribution < -0.4 is 0 Å². The van der Waals surface area contributed by atoms with Gasteiger partial charge in [-0.2, -0.15) is 0 Å². The smallest absolute Gasteiger partial charge is 0.124 e. The predicted molar refractivity (Wildman–Crippen MR) is 80.6 cm³/mol. The van der Waals surface area contributed by atoms with Crippen LogP contribution in [0.4, 0.5) is 4.39 Å². The van der Waals surface area contributed by atoms with E-state index in [1.54, 1.807) is 0 Å². The summed E-state index contributed by atoms with van der Waals surface area (Å²) in [4.78, 5) is 0. The van der Waals surface area contributed by atoms with Gasteiger partial charge >= 0.3 is 0 Å². The Kier molecular flexibility index (Phi) is 4.17. The van der Waals surface area contributed by atoms with Crippen LogP contribution in [0.25, 0.3) is 0 Å². The van der Waals surface area contributed by atoms with E-state index in [1.807, 2.05) is 24.3 Å². The molecule has 1 N–H and O–H groups in total. The standard InChI is InChI=1S/C17H18ClFO/c1-17(2,3)12-6-4-11(5-7-12)16(20)14-9-8-13(19)10-15(14)18/h4-10,16,20H,1-3H3. The minimum Gasteiger partial charge on any atom is -0.384 e. The largest absolute Gasteiger partial charge is 0.384 e. The Morgan fingerprint density at radius 1 is 1.05 bits per heavy atom. The van der Waals surface area contributed by atoms with Gasteiger partial charge in [0.1, 0.15) is 11.9 Å². The van der Waals surface area contributed by atoms with Crippen LogP contribution >= 0.6 is 11.6 Å². The van der Waals surface area contributed by atoms with Crippen molar-refractivity contribution in [3.8, 4) is 0 Å². The molecule has 0 spiro atoms. The molecule has 2 rings (SSSR count). The third kappa shape index (κ3) is 3.20. The van der Waals surface area contributed by atoms with Crippen LogP contribution in [0.1, 0.15) is 43.6 Å². The quantitative estimate of drug-likeness (QED) is 0.838. The number of aliphatic hydroxyl groups excluding tert-OH is 1. The molecular formula is C17H18ClFO. The molecule has 0 aliphatic heterocycles. The number of aliphatic hydroxyl groups is 1. The second-order valence-corrected chi connectivity index (χ2v) is 6.35. The first-order valence-electron chi connectivity index (χ1n) is 6.52. The van der Waals surface area contributed by atoms with Gasteiger partial charge in [0.15, 0.2) is 0 Å². The fraction of sp³-hybridized carbons (Fsp3) is 0.294. The summed E-state index contributed by atoms with van der Waals surface area (Å²) >= 11 is 5.98. The van der Waals surface area contributed by atoms with Crippen LogP contribution in [0, 0.1) is 5.82 Å². The zero-order valence-corrected chi connectivity index (χ0v) is 12.6. The van der Waals surface area contributed by atoms with Crippen molar-refractivity contribution in [2.24, 2.45) is 0 Å². The minimum absolute atomic E-state index is 0.0665. The van der Waals surface area contributed by atoms with E-state index < -0.39 is 11.9 Å². The molecule has 0 saturated heterocycles. The summed E-state index contributed by atoms with van der Waals surface area (Å²) < 4.78 is 13.0. The molecule has 0 aliphatic carbocycles. The average molecular weight is 293 g/mol. The molecule has 1 atom stereocenters. The predicted octanol–water partition coefficient (Wildman–Crippen LogP) is 4.86. The second-order valence-electron chi connectivity index (χ2n) is 5.94. The monoisotopic (exact) mass is 292 g/mol. The van der Waals surface area contributed by atoms with Crippen LogP contribution in [-0.2, 0) is 5.41 Å². The van der Waals surface area contributed by atoms with Crippen molar-refractivity contribution in [1.29, 1.82) is 0 Å². The topological polar surface area (TPSA) is 20.2 Å². The Balaban J connectivity index is 2.31. The maximum Gasteiger partial charge on any atom is 0.124 e. The molecule has 2 aromatic rings. The van der Waals surface area contributed by atoms with Crippen molar-refractivity contribution in [3.05, 3.63) is 70.0 Å². The molecule has 0 radical (unpaired) electrons. The Hall–Kier alpha value is -1.38. The molecule has 0 amide bonds. The van der Waals surface area contributed by atoms with Gasteiger partial charge in [0, 0.05) is 10.6 Å². The number of halogens is 2. The summed E-state index contributed by atoms with van der Waals surface area (Å²) in [5.74, 6) is -0.408. The molecule has 106 valence electrons. The lowest BCUT2D eigenvalue weighted by Crippen LogP contribution is -2.11. The summed E-state index contributed by atoms with van der Waals surface area (Å²) in [7, 11) is 0. The molecule has 2 aromatic carbocycles. The van der Waals surface area contributed by atoms with Crippen molar-refractivity contribution in [2.75, 3.05) is 0 Å². The Morgan fingerprint density at radius 3 is 2.15 bits per heavy atom. The first-order valence-corrected chi connectivity index (χ1v) is 6.90. The van der Waals surface area contributed by atoms with Gasteiger partial charge in [-0.15, -0.1) is 0 Å². The van der Waals surface area contributed by atoms with Gasteiger partial charge in [0.05, 0.1) is 0 Å². The van der Waals surface area contributed by atoms with Gasteiger partial charge in [-0.25, -0.2) is 4.39 Å². The molecule has 3 heteroatoms. The zero-order chi connectivity index (χ0) is 14.9. The number of benzene rings is 2. The van der Waals surface area contributed by atoms with Crippen LogP contribution in [0.3, 0.4) is 0 Å². The summed E-state index contributed by atoms with van der Waals surface area (Å²) in [5, 5.41) is 10.6. The van der Waals surface area contributed by atoms with E-state index in [4.69, 9.17) is 11.6 Å². The highest BCUT2D eigenvalue weighted by Crippen LogP contribution is 2.30. The van der Waals surface area contributed by atoms with E-state index in [1.165, 1.54) is 23.8 Å². The first-order chi connectivity index (χ1) is 9.29. The van der Waals surface area contributed by atoms with Gasteiger partial charge in [0.2, 0.25) is 0 Å². The molecular weight excluding hydrogens is 275 g/mol. The third-order valence-corrected chi connectivity index (χ3v) is 3.68. The fourth-order valence-electron chi connectivity index (χ4n) is 2.07. The second kappa shape index (κ2) is 5.55. The average Bonchev–Trinajstić information content (AvgIpc) is 2.37. The summed E-state index contributed by atoms with van der Waals surface area (Å²) in [6.45, 7) is 6.40. The molecule has 1 nitrogen and oxygen atoms in total. The highest BCUT2D eigenvalue weighted by Gasteiger charge is 2.17. The zero-order valence-electron chi connectivity index (χ0n) is 11.8. The van der Waals surface area contributed by atoms with Crippen LogP contribution in [0.2, 0.25) is 5.02 Å². The van der Waals surface area contributed by atoms with Gasteiger partial charge < -0.3 is 5.11 Å². The Bertz CT molecular complexity index is 599. The van der Waals surface area contributed by atoms with Gasteiger partial charge in [-0.3, -0.25) is 0 Å². The van der Waals surface area contributed by atoms with E-state index in [0.29, 0.717) is 5.56 Å². The number of hydrogen-bond acceptors (Lipinski definition) is 1. The highest BCUT2D eigenvalue weighted by atomic mass is 35.5. The SMILES string of the molecule is CC(C)(C)c1ccc(C(O)c2ccc(F)cc2Cl)cc1. The molecule has 0 heterocycles. The van der Waals surface area contributed by atoms with Crippen molar-refractivity contribution in [3.63, 3.8) is 0 Å². The molecule has 0 saturated carbocycles. The Labute approximate surface area is 124 Å². The first kappa shape index (κ1) is 15.0. The van der Waals surface area contributed by atoms with Crippen LogP contribution in [0.15, 0.2) is 42.5 Å². The summed E-state index contributed by atoms with van der Waals surface area (Å²) in [5.41, 5.74) is 2.51. The van der Waals surface area contributed by atoms with E-state index >= 15 is 0 Å². The maximum absolute atomic E-state index is 13.0. The Morgan fingerprint density at radius 2 is 1.65 bits per heavy atom. The van der Waals surface area contributed by atoms with Gasteiger partial charge in [-0.1, -0.05) is 62.7 Å². The van der Waals surface area contributed by atoms with E-state index in [-0.39, 0.29) is 10.4 Å². The molecule has 20 heavy (non-hydrogen) atoms. The lowest BCUT2D eigenvalue weighted by Gasteiger charge is -2.20. The lowest BCUT2D eigenvalue weighted by molar-refractivity contribution is 0.220. The van der Waals surface area contributed by atoms with Crippen LogP contribution in [0.5, 0.6) is 0 Å². The van der Waals surface area contributed by atoms with E-state index in [9.17, 15) is 9.50 Å². The van der Waals surface area contributed by atoms with Gasteiger partial charge in [-0.05, 0) is 28.7 Å². The van der Waals surface area contributed by atoms with Crippen molar-refractivity contribution < 1.29 is 9.50 Å². The van der Waals surface area contributed by atoms with Gasteiger partial charge in [0.25, 0.3) is 0 Å². The number of hydrogen-bond donors (Lipinski definition) is 1. The summed E-state index contributed by atoms with van der Waals surface area (Å²) in [6, 6.07) is 11.8. The lowest BCUT2D eigenvalue weighted by atomic mass is 9.86. The molecule has 0 aliphatic rings. The van der Waals surface area contributed by atoms with E-state index in [0.717, 1.165) is 5.56 Å². The maximum atomic E-state index is 13.0. The normalized spacial score (nSPS) is 13.3. The minimum atomic E-state index is -0.850. The number of rotatable bonds is 2. The van der Waals surface area contributed by atoms with Crippen molar-refractivity contribution >= 4 is 11.6 Å². The molecule has 0 bridgehead atoms. The van der Waals surface area contributed by atoms with Crippen LogP contribution in [-0.4, -0.2) is 5.11 Å². The van der Waals surface area contributed by atoms with E-state index in [2.05, 4.69) is 20.8 Å².